The minimum absolute atomic E-state index is 0.441. The predicted molar refractivity (Wildman–Crippen MR) is 65.4 cm³/mol. The molecule has 1 aromatic rings. The van der Waals surface area contributed by atoms with Gasteiger partial charge < -0.3 is 4.42 Å². The first-order valence-corrected chi connectivity index (χ1v) is 6.33. The smallest absolute Gasteiger partial charge is 0.107 e. The lowest BCUT2D eigenvalue weighted by Crippen LogP contribution is -2.37. The maximum atomic E-state index is 5.72. The van der Waals surface area contributed by atoms with Crippen LogP contribution >= 0.6 is 0 Å². The molecular weight excluding hydrogens is 196 g/mol. The molecule has 0 radical (unpaired) electrons. The van der Waals surface area contributed by atoms with Crippen LogP contribution in [0.3, 0.4) is 0 Å². The zero-order valence-electron chi connectivity index (χ0n) is 10.5. The normalized spacial score (nSPS) is 32.9. The average molecular weight is 216 g/mol. The van der Waals surface area contributed by atoms with E-state index in [0.717, 1.165) is 12.3 Å². The van der Waals surface area contributed by atoms with E-state index < -0.39 is 0 Å². The fourth-order valence-corrected chi connectivity index (χ4v) is 3.63. The minimum atomic E-state index is 0.441. The van der Waals surface area contributed by atoms with E-state index in [1.807, 2.05) is 6.26 Å². The number of allylic oxidation sites excluding steroid dienone is 2. The van der Waals surface area contributed by atoms with Gasteiger partial charge in [0.25, 0.3) is 0 Å². The van der Waals surface area contributed by atoms with E-state index in [9.17, 15) is 0 Å². The number of furan rings is 1. The van der Waals surface area contributed by atoms with E-state index in [1.54, 1.807) is 5.57 Å². The number of hydrogen-bond acceptors (Lipinski definition) is 1. The second-order valence-electron chi connectivity index (χ2n) is 5.89. The molecule has 1 heterocycles. The summed E-state index contributed by atoms with van der Waals surface area (Å²) in [4.78, 5) is 0. The molecular formula is C15H20O. The van der Waals surface area contributed by atoms with E-state index >= 15 is 0 Å². The summed E-state index contributed by atoms with van der Waals surface area (Å²) in [6.45, 7) is 6.92. The van der Waals surface area contributed by atoms with Gasteiger partial charge in [0.05, 0.1) is 6.26 Å². The van der Waals surface area contributed by atoms with Crippen molar-refractivity contribution in [2.24, 2.45) is 11.3 Å². The van der Waals surface area contributed by atoms with Crippen molar-refractivity contribution in [1.82, 2.24) is 0 Å². The third kappa shape index (κ3) is 1.30. The van der Waals surface area contributed by atoms with E-state index in [2.05, 4.69) is 26.8 Å². The molecule has 1 aromatic heterocycles. The quantitative estimate of drug-likeness (QED) is 0.596. The van der Waals surface area contributed by atoms with Gasteiger partial charge in [-0.3, -0.25) is 0 Å². The van der Waals surface area contributed by atoms with Crippen LogP contribution in [-0.4, -0.2) is 0 Å². The summed E-state index contributed by atoms with van der Waals surface area (Å²) in [6.07, 6.45) is 9.25. The molecule has 2 aliphatic rings. The van der Waals surface area contributed by atoms with Crippen LogP contribution in [0.1, 0.15) is 43.6 Å². The highest BCUT2D eigenvalue weighted by Crippen LogP contribution is 2.49. The van der Waals surface area contributed by atoms with Gasteiger partial charge in [0.15, 0.2) is 0 Å². The highest BCUT2D eigenvalue weighted by Gasteiger charge is 2.42. The molecule has 2 aliphatic carbocycles. The molecule has 0 amide bonds. The molecule has 86 valence electrons. The molecule has 0 saturated heterocycles. The van der Waals surface area contributed by atoms with Crippen molar-refractivity contribution in [3.8, 4) is 0 Å². The summed E-state index contributed by atoms with van der Waals surface area (Å²) in [6, 6.07) is 0. The van der Waals surface area contributed by atoms with Gasteiger partial charge in [-0.15, -0.1) is 0 Å². The zero-order valence-corrected chi connectivity index (χ0v) is 10.5. The molecule has 16 heavy (non-hydrogen) atoms. The van der Waals surface area contributed by atoms with Gasteiger partial charge >= 0.3 is 0 Å². The van der Waals surface area contributed by atoms with Gasteiger partial charge in [0.2, 0.25) is 0 Å². The molecule has 3 rings (SSSR count). The molecule has 0 N–H and O–H groups in total. The van der Waals surface area contributed by atoms with E-state index in [0.29, 0.717) is 5.41 Å². The van der Waals surface area contributed by atoms with E-state index in [-0.39, 0.29) is 0 Å². The van der Waals surface area contributed by atoms with Gasteiger partial charge in [0.1, 0.15) is 5.76 Å². The first-order chi connectivity index (χ1) is 7.60. The Labute approximate surface area is 97.5 Å². The van der Waals surface area contributed by atoms with Crippen LogP contribution in [0.4, 0.5) is 0 Å². The molecule has 0 aromatic carbocycles. The third-order valence-electron chi connectivity index (χ3n) is 4.74. The van der Waals surface area contributed by atoms with Crippen molar-refractivity contribution in [3.63, 3.8) is 0 Å². The van der Waals surface area contributed by atoms with Crippen molar-refractivity contribution in [3.05, 3.63) is 34.8 Å². The summed E-state index contributed by atoms with van der Waals surface area (Å²) in [5.74, 6) is 2.00. The van der Waals surface area contributed by atoms with Crippen LogP contribution in [0.2, 0.25) is 0 Å². The highest BCUT2D eigenvalue weighted by molar-refractivity contribution is 5.34. The third-order valence-corrected chi connectivity index (χ3v) is 4.74. The van der Waals surface area contributed by atoms with Gasteiger partial charge in [-0.1, -0.05) is 18.6 Å². The summed E-state index contributed by atoms with van der Waals surface area (Å²) < 4.78 is 5.72. The molecule has 2 atom stereocenters. The molecule has 1 nitrogen and oxygen atoms in total. The Morgan fingerprint density at radius 2 is 2.19 bits per heavy atom. The molecule has 0 spiro atoms. The van der Waals surface area contributed by atoms with Crippen LogP contribution in [0.25, 0.3) is 0 Å². The number of hydrogen-bond donors (Lipinski definition) is 0. The second-order valence-corrected chi connectivity index (χ2v) is 5.89. The maximum Gasteiger partial charge on any atom is 0.107 e. The Hall–Kier alpha value is -0.980. The fourth-order valence-electron chi connectivity index (χ4n) is 3.63. The molecule has 1 unspecified atom stereocenters. The molecule has 0 saturated carbocycles. The second kappa shape index (κ2) is 3.26. The van der Waals surface area contributed by atoms with Gasteiger partial charge in [0, 0.05) is 6.42 Å². The highest BCUT2D eigenvalue weighted by atomic mass is 16.3. The summed E-state index contributed by atoms with van der Waals surface area (Å²) in [7, 11) is 0. The first-order valence-electron chi connectivity index (χ1n) is 6.33. The van der Waals surface area contributed by atoms with Crippen molar-refractivity contribution < 1.29 is 4.42 Å². The van der Waals surface area contributed by atoms with Gasteiger partial charge in [-0.05, 0) is 55.6 Å². The number of aryl methyl sites for hydroxylation is 1. The molecule has 0 bridgehead atoms. The molecule has 0 aliphatic heterocycles. The van der Waals surface area contributed by atoms with Crippen LogP contribution in [0.15, 0.2) is 22.3 Å². The Kier molecular flexibility index (Phi) is 2.07. The lowest BCUT2D eigenvalue weighted by atomic mass is 9.60. The zero-order chi connectivity index (χ0) is 11.3. The van der Waals surface area contributed by atoms with Gasteiger partial charge in [-0.2, -0.15) is 0 Å². The van der Waals surface area contributed by atoms with Crippen LogP contribution in [-0.2, 0) is 12.8 Å². The van der Waals surface area contributed by atoms with Crippen LogP contribution in [0, 0.1) is 18.3 Å². The van der Waals surface area contributed by atoms with Crippen molar-refractivity contribution in [2.75, 3.05) is 0 Å². The van der Waals surface area contributed by atoms with Crippen LogP contribution in [0.5, 0.6) is 0 Å². The monoisotopic (exact) mass is 216 g/mol. The van der Waals surface area contributed by atoms with Crippen LogP contribution < -0.4 is 0 Å². The van der Waals surface area contributed by atoms with Crippen molar-refractivity contribution >= 4 is 0 Å². The lowest BCUT2D eigenvalue weighted by Gasteiger charge is -2.44. The Morgan fingerprint density at radius 1 is 1.38 bits per heavy atom. The number of fused-ring (bicyclic) bond motifs is 2. The van der Waals surface area contributed by atoms with Gasteiger partial charge in [-0.25, -0.2) is 0 Å². The Morgan fingerprint density at radius 3 is 3.00 bits per heavy atom. The Bertz CT molecular complexity index is 452. The van der Waals surface area contributed by atoms with E-state index in [4.69, 9.17) is 4.42 Å². The first kappa shape index (κ1) is 10.2. The van der Waals surface area contributed by atoms with Crippen molar-refractivity contribution in [2.45, 2.75) is 46.5 Å². The largest absolute Gasteiger partial charge is 0.469 e. The Balaban J connectivity index is 2.06. The average Bonchev–Trinajstić information content (AvgIpc) is 2.57. The predicted octanol–water partition coefficient (Wildman–Crippen LogP) is 4.05. The molecule has 0 fully saturated rings. The maximum absolute atomic E-state index is 5.72. The summed E-state index contributed by atoms with van der Waals surface area (Å²) in [5, 5.41) is 0. The minimum Gasteiger partial charge on any atom is -0.469 e. The fraction of sp³-hybridized carbons (Fsp3) is 0.600. The lowest BCUT2D eigenvalue weighted by molar-refractivity contribution is 0.157. The summed E-state index contributed by atoms with van der Waals surface area (Å²) >= 11 is 0. The van der Waals surface area contributed by atoms with E-state index in [1.165, 1.54) is 36.1 Å². The standard InChI is InChI=1S/C15H20O/c1-10-5-4-6-15(3)8-14-12(7-13(10)15)11(2)9-16-14/h5,9,13H,4,6-8H2,1-3H3/t13?,15-/m1/s1. The topological polar surface area (TPSA) is 13.1 Å². The SMILES string of the molecule is CC1=CCC[C@]2(C)Cc3occ(C)c3CC12. The molecule has 1 heteroatoms. The van der Waals surface area contributed by atoms with Crippen molar-refractivity contribution in [1.29, 1.82) is 0 Å². The summed E-state index contributed by atoms with van der Waals surface area (Å²) in [5.41, 5.74) is 4.86. The number of rotatable bonds is 0.